The van der Waals surface area contributed by atoms with E-state index >= 15 is 0 Å². The zero-order valence-electron chi connectivity index (χ0n) is 11.8. The standard InChI is InChI=1S/C14H17N5O2/c1-9-17-14(21-19-9)10-5-6-12(16-8-10)18-11-4-2-3-7-15-13(11)20/h5-6,8,11H,2-4,7H2,1H3,(H,15,20)(H,16,18)/t11-/m0/s1. The van der Waals surface area contributed by atoms with E-state index in [-0.39, 0.29) is 11.9 Å². The molecule has 1 saturated heterocycles. The normalized spacial score (nSPS) is 18.9. The summed E-state index contributed by atoms with van der Waals surface area (Å²) in [6.07, 6.45) is 4.52. The summed E-state index contributed by atoms with van der Waals surface area (Å²) in [7, 11) is 0. The first kappa shape index (κ1) is 13.5. The fraction of sp³-hybridized carbons (Fsp3) is 0.429. The summed E-state index contributed by atoms with van der Waals surface area (Å²) in [5.74, 6) is 1.73. The Hall–Kier alpha value is -2.44. The monoisotopic (exact) mass is 287 g/mol. The topological polar surface area (TPSA) is 92.9 Å². The molecule has 1 fully saturated rings. The quantitative estimate of drug-likeness (QED) is 0.889. The molecule has 2 aromatic rings. The second kappa shape index (κ2) is 5.90. The molecule has 0 aliphatic carbocycles. The molecule has 3 rings (SSSR count). The molecular formula is C14H17N5O2. The summed E-state index contributed by atoms with van der Waals surface area (Å²) in [6, 6.07) is 3.43. The molecule has 1 amide bonds. The molecule has 3 heterocycles. The van der Waals surface area contributed by atoms with E-state index in [2.05, 4.69) is 25.8 Å². The molecule has 2 N–H and O–H groups in total. The fourth-order valence-corrected chi connectivity index (χ4v) is 2.28. The molecule has 1 aliphatic rings. The Morgan fingerprint density at radius 3 is 3.00 bits per heavy atom. The summed E-state index contributed by atoms with van der Waals surface area (Å²) in [4.78, 5) is 20.3. The lowest BCUT2D eigenvalue weighted by Crippen LogP contribution is -2.38. The van der Waals surface area contributed by atoms with E-state index in [1.807, 2.05) is 12.1 Å². The first-order chi connectivity index (χ1) is 10.2. The van der Waals surface area contributed by atoms with E-state index in [9.17, 15) is 4.79 Å². The zero-order chi connectivity index (χ0) is 14.7. The minimum atomic E-state index is -0.225. The molecular weight excluding hydrogens is 270 g/mol. The molecule has 0 aromatic carbocycles. The van der Waals surface area contributed by atoms with Gasteiger partial charge in [-0.3, -0.25) is 4.79 Å². The number of aromatic nitrogens is 3. The number of rotatable bonds is 3. The second-order valence-electron chi connectivity index (χ2n) is 5.06. The van der Waals surface area contributed by atoms with Crippen LogP contribution in [-0.4, -0.2) is 33.6 Å². The maximum absolute atomic E-state index is 11.9. The van der Waals surface area contributed by atoms with Crippen LogP contribution in [0.3, 0.4) is 0 Å². The number of pyridine rings is 1. The molecule has 2 aromatic heterocycles. The van der Waals surface area contributed by atoms with Crippen molar-refractivity contribution in [3.05, 3.63) is 24.2 Å². The maximum atomic E-state index is 11.9. The Kier molecular flexibility index (Phi) is 3.81. The number of carbonyl (C=O) groups is 1. The molecule has 1 atom stereocenters. The van der Waals surface area contributed by atoms with Gasteiger partial charge in [0.1, 0.15) is 11.9 Å². The van der Waals surface area contributed by atoms with E-state index in [1.54, 1.807) is 13.1 Å². The third kappa shape index (κ3) is 3.18. The fourth-order valence-electron chi connectivity index (χ4n) is 2.28. The number of aryl methyl sites for hydroxylation is 1. The van der Waals surface area contributed by atoms with Gasteiger partial charge in [0.05, 0.1) is 5.56 Å². The zero-order valence-corrected chi connectivity index (χ0v) is 11.8. The number of carbonyl (C=O) groups excluding carboxylic acids is 1. The van der Waals surface area contributed by atoms with Gasteiger partial charge in [-0.15, -0.1) is 0 Å². The summed E-state index contributed by atoms with van der Waals surface area (Å²) in [5.41, 5.74) is 0.756. The Morgan fingerprint density at radius 1 is 1.38 bits per heavy atom. The van der Waals surface area contributed by atoms with Gasteiger partial charge in [-0.25, -0.2) is 4.98 Å². The molecule has 0 radical (unpaired) electrons. The van der Waals surface area contributed by atoms with E-state index in [0.29, 0.717) is 17.5 Å². The van der Waals surface area contributed by atoms with Crippen molar-refractivity contribution in [3.8, 4) is 11.5 Å². The van der Waals surface area contributed by atoms with Crippen LogP contribution in [0, 0.1) is 6.92 Å². The first-order valence-corrected chi connectivity index (χ1v) is 7.03. The highest BCUT2D eigenvalue weighted by Crippen LogP contribution is 2.18. The van der Waals surface area contributed by atoms with E-state index in [1.165, 1.54) is 0 Å². The van der Waals surface area contributed by atoms with Crippen LogP contribution in [0.2, 0.25) is 0 Å². The second-order valence-corrected chi connectivity index (χ2v) is 5.06. The lowest BCUT2D eigenvalue weighted by molar-refractivity contribution is -0.121. The highest BCUT2D eigenvalue weighted by atomic mass is 16.5. The van der Waals surface area contributed by atoms with E-state index < -0.39 is 0 Å². The Bertz CT molecular complexity index is 623. The Balaban J connectivity index is 1.70. The number of hydrogen-bond acceptors (Lipinski definition) is 6. The van der Waals surface area contributed by atoms with Gasteiger partial charge in [0.2, 0.25) is 5.91 Å². The van der Waals surface area contributed by atoms with Crippen LogP contribution in [-0.2, 0) is 4.79 Å². The van der Waals surface area contributed by atoms with Crippen molar-refractivity contribution in [2.45, 2.75) is 32.2 Å². The van der Waals surface area contributed by atoms with Gasteiger partial charge in [-0.1, -0.05) is 5.16 Å². The van der Waals surface area contributed by atoms with Crippen molar-refractivity contribution >= 4 is 11.7 Å². The average Bonchev–Trinajstić information content (AvgIpc) is 2.82. The number of anilines is 1. The van der Waals surface area contributed by atoms with Crippen LogP contribution in [0.25, 0.3) is 11.5 Å². The lowest BCUT2D eigenvalue weighted by Gasteiger charge is -2.15. The van der Waals surface area contributed by atoms with Crippen molar-refractivity contribution in [2.75, 3.05) is 11.9 Å². The number of hydrogen-bond donors (Lipinski definition) is 2. The molecule has 110 valence electrons. The number of amides is 1. The molecule has 1 aliphatic heterocycles. The third-order valence-corrected chi connectivity index (χ3v) is 3.40. The summed E-state index contributed by atoms with van der Waals surface area (Å²) in [5, 5.41) is 9.80. The Morgan fingerprint density at radius 2 is 2.29 bits per heavy atom. The van der Waals surface area contributed by atoms with Gasteiger partial charge in [-0.2, -0.15) is 4.98 Å². The van der Waals surface area contributed by atoms with Crippen LogP contribution in [0.1, 0.15) is 25.1 Å². The van der Waals surface area contributed by atoms with Crippen molar-refractivity contribution in [1.29, 1.82) is 0 Å². The molecule has 0 bridgehead atoms. The smallest absolute Gasteiger partial charge is 0.259 e. The summed E-state index contributed by atoms with van der Waals surface area (Å²) < 4.78 is 5.09. The van der Waals surface area contributed by atoms with Crippen molar-refractivity contribution in [1.82, 2.24) is 20.4 Å². The molecule has 0 saturated carbocycles. The van der Waals surface area contributed by atoms with Gasteiger partial charge < -0.3 is 15.2 Å². The van der Waals surface area contributed by atoms with Crippen molar-refractivity contribution in [3.63, 3.8) is 0 Å². The summed E-state index contributed by atoms with van der Waals surface area (Å²) >= 11 is 0. The van der Waals surface area contributed by atoms with E-state index in [4.69, 9.17) is 4.52 Å². The van der Waals surface area contributed by atoms with Crippen LogP contribution in [0.4, 0.5) is 5.82 Å². The molecule has 0 unspecified atom stereocenters. The van der Waals surface area contributed by atoms with Crippen LogP contribution in [0.15, 0.2) is 22.9 Å². The van der Waals surface area contributed by atoms with Crippen molar-refractivity contribution < 1.29 is 9.32 Å². The first-order valence-electron chi connectivity index (χ1n) is 7.03. The predicted molar refractivity (Wildman–Crippen MR) is 76.5 cm³/mol. The molecule has 0 spiro atoms. The Labute approximate surface area is 122 Å². The van der Waals surface area contributed by atoms with Crippen LogP contribution >= 0.6 is 0 Å². The highest BCUT2D eigenvalue weighted by molar-refractivity contribution is 5.84. The molecule has 7 heteroatoms. The molecule has 7 nitrogen and oxygen atoms in total. The maximum Gasteiger partial charge on any atom is 0.259 e. The average molecular weight is 287 g/mol. The molecule has 21 heavy (non-hydrogen) atoms. The predicted octanol–water partition coefficient (Wildman–Crippen LogP) is 1.52. The highest BCUT2D eigenvalue weighted by Gasteiger charge is 2.20. The van der Waals surface area contributed by atoms with Crippen molar-refractivity contribution in [2.24, 2.45) is 0 Å². The van der Waals surface area contributed by atoms with Crippen LogP contribution in [0.5, 0.6) is 0 Å². The van der Waals surface area contributed by atoms with Gasteiger partial charge in [-0.05, 0) is 38.3 Å². The lowest BCUT2D eigenvalue weighted by atomic mass is 10.1. The number of nitrogens with one attached hydrogen (secondary N) is 2. The summed E-state index contributed by atoms with van der Waals surface area (Å²) in [6.45, 7) is 2.51. The van der Waals surface area contributed by atoms with Gasteiger partial charge >= 0.3 is 0 Å². The third-order valence-electron chi connectivity index (χ3n) is 3.40. The van der Waals surface area contributed by atoms with Gasteiger partial charge in [0.25, 0.3) is 5.89 Å². The van der Waals surface area contributed by atoms with E-state index in [0.717, 1.165) is 31.4 Å². The van der Waals surface area contributed by atoms with Gasteiger partial charge in [0.15, 0.2) is 5.82 Å². The number of nitrogens with zero attached hydrogens (tertiary/aromatic N) is 3. The van der Waals surface area contributed by atoms with Gasteiger partial charge in [0, 0.05) is 12.7 Å². The largest absolute Gasteiger partial charge is 0.358 e. The minimum absolute atomic E-state index is 0.0332. The van der Waals surface area contributed by atoms with Crippen LogP contribution < -0.4 is 10.6 Å². The minimum Gasteiger partial charge on any atom is -0.358 e. The SMILES string of the molecule is Cc1noc(-c2ccc(N[C@H]3CCCCNC3=O)nc2)n1.